The normalized spacial score (nSPS) is 9.94. The van der Waals surface area contributed by atoms with Crippen LogP contribution in [0.4, 0.5) is 5.82 Å². The fraction of sp³-hybridized carbons (Fsp3) is 0.364. The van der Waals surface area contributed by atoms with E-state index in [2.05, 4.69) is 10.3 Å². The molecule has 4 N–H and O–H groups in total. The highest BCUT2D eigenvalue weighted by Gasteiger charge is 2.07. The van der Waals surface area contributed by atoms with Crippen molar-refractivity contribution in [3.05, 3.63) is 23.4 Å². The molecular formula is C11H15N3O3. The van der Waals surface area contributed by atoms with Crippen molar-refractivity contribution < 1.29 is 14.7 Å². The summed E-state index contributed by atoms with van der Waals surface area (Å²) < 4.78 is 0. The first-order valence-corrected chi connectivity index (χ1v) is 5.29. The number of nitrogens with one attached hydrogen (secondary N) is 1. The molecule has 0 saturated carbocycles. The second kappa shape index (κ2) is 5.83. The summed E-state index contributed by atoms with van der Waals surface area (Å²) in [5.41, 5.74) is 5.86. The van der Waals surface area contributed by atoms with E-state index in [1.807, 2.05) is 6.92 Å². The topological polar surface area (TPSA) is 105 Å². The minimum atomic E-state index is -1.000. The van der Waals surface area contributed by atoms with Crippen LogP contribution in [0.1, 0.15) is 29.4 Å². The number of aromatic carboxylic acids is 1. The lowest BCUT2D eigenvalue weighted by molar-refractivity contribution is -0.117. The molecule has 0 bridgehead atoms. The number of primary amides is 1. The van der Waals surface area contributed by atoms with Crippen LogP contribution in [0.3, 0.4) is 0 Å². The van der Waals surface area contributed by atoms with E-state index < -0.39 is 11.9 Å². The number of hydrogen-bond donors (Lipinski definition) is 3. The van der Waals surface area contributed by atoms with Crippen molar-refractivity contribution in [3.63, 3.8) is 0 Å². The Bertz CT molecular complexity index is 432. The van der Waals surface area contributed by atoms with Crippen molar-refractivity contribution in [2.45, 2.75) is 19.8 Å². The smallest absolute Gasteiger partial charge is 0.335 e. The number of aromatic nitrogens is 1. The van der Waals surface area contributed by atoms with Gasteiger partial charge in [0.2, 0.25) is 5.91 Å². The quantitative estimate of drug-likeness (QED) is 0.673. The molecule has 0 unspecified atom stereocenters. The number of carbonyl (C=O) groups excluding carboxylic acids is 1. The third kappa shape index (κ3) is 4.10. The lowest BCUT2D eigenvalue weighted by atomic mass is 10.2. The van der Waals surface area contributed by atoms with Gasteiger partial charge < -0.3 is 16.2 Å². The first kappa shape index (κ1) is 13.0. The highest BCUT2D eigenvalue weighted by Crippen LogP contribution is 2.11. The molecule has 0 aliphatic carbocycles. The minimum Gasteiger partial charge on any atom is -0.478 e. The Balaban J connectivity index is 2.80. The van der Waals surface area contributed by atoms with Gasteiger partial charge in [-0.2, -0.15) is 0 Å². The van der Waals surface area contributed by atoms with Gasteiger partial charge in [0.25, 0.3) is 0 Å². The number of carboxylic acid groups (broad SMARTS) is 1. The van der Waals surface area contributed by atoms with E-state index in [-0.39, 0.29) is 12.0 Å². The van der Waals surface area contributed by atoms with Gasteiger partial charge in [-0.15, -0.1) is 0 Å². The monoisotopic (exact) mass is 237 g/mol. The van der Waals surface area contributed by atoms with Crippen molar-refractivity contribution in [1.29, 1.82) is 0 Å². The largest absolute Gasteiger partial charge is 0.478 e. The number of anilines is 1. The Kier molecular flexibility index (Phi) is 4.45. The average molecular weight is 237 g/mol. The molecule has 1 rings (SSSR count). The molecule has 0 saturated heterocycles. The number of nitrogens with two attached hydrogens (primary N) is 1. The van der Waals surface area contributed by atoms with Crippen LogP contribution < -0.4 is 11.1 Å². The highest BCUT2D eigenvalue weighted by molar-refractivity contribution is 5.88. The molecule has 6 nitrogen and oxygen atoms in total. The molecule has 1 heterocycles. The van der Waals surface area contributed by atoms with Crippen LogP contribution in [-0.4, -0.2) is 28.5 Å². The number of nitrogens with zero attached hydrogens (tertiary/aromatic N) is 1. The summed E-state index contributed by atoms with van der Waals surface area (Å²) in [6, 6.07) is 2.96. The van der Waals surface area contributed by atoms with E-state index in [4.69, 9.17) is 10.8 Å². The van der Waals surface area contributed by atoms with E-state index in [0.717, 1.165) is 0 Å². The fourth-order valence-corrected chi connectivity index (χ4v) is 1.30. The third-order valence-electron chi connectivity index (χ3n) is 2.17. The molecule has 1 aromatic rings. The average Bonchev–Trinajstić information content (AvgIpc) is 2.28. The third-order valence-corrected chi connectivity index (χ3v) is 2.17. The molecule has 1 aromatic heterocycles. The summed E-state index contributed by atoms with van der Waals surface area (Å²) in [6.07, 6.45) is 0.825. The first-order chi connectivity index (χ1) is 8.02. The van der Waals surface area contributed by atoms with E-state index in [1.165, 1.54) is 12.1 Å². The molecule has 0 aliphatic rings. The maximum Gasteiger partial charge on any atom is 0.335 e. The zero-order chi connectivity index (χ0) is 12.8. The minimum absolute atomic E-state index is 0.179. The molecule has 1 amide bonds. The number of rotatable bonds is 6. The summed E-state index contributed by atoms with van der Waals surface area (Å²) in [4.78, 5) is 25.6. The van der Waals surface area contributed by atoms with Gasteiger partial charge in [0.1, 0.15) is 5.82 Å². The molecule has 0 aliphatic heterocycles. The number of carboxylic acids is 1. The van der Waals surface area contributed by atoms with Gasteiger partial charge in [0, 0.05) is 18.7 Å². The molecule has 0 radical (unpaired) electrons. The van der Waals surface area contributed by atoms with E-state index >= 15 is 0 Å². The highest BCUT2D eigenvalue weighted by atomic mass is 16.4. The summed E-state index contributed by atoms with van der Waals surface area (Å²) in [6.45, 7) is 2.23. The Morgan fingerprint density at radius 2 is 2.18 bits per heavy atom. The molecule has 0 atom stereocenters. The second-order valence-electron chi connectivity index (χ2n) is 3.53. The van der Waals surface area contributed by atoms with Crippen molar-refractivity contribution in [2.24, 2.45) is 5.73 Å². The zero-order valence-corrected chi connectivity index (χ0v) is 9.56. The van der Waals surface area contributed by atoms with Gasteiger partial charge in [-0.1, -0.05) is 6.92 Å². The van der Waals surface area contributed by atoms with Crippen LogP contribution in [0.5, 0.6) is 0 Å². The van der Waals surface area contributed by atoms with Gasteiger partial charge in [0.05, 0.1) is 5.56 Å². The van der Waals surface area contributed by atoms with Crippen molar-refractivity contribution in [1.82, 2.24) is 4.98 Å². The summed E-state index contributed by atoms with van der Waals surface area (Å²) in [5.74, 6) is -0.967. The van der Waals surface area contributed by atoms with Gasteiger partial charge in [-0.3, -0.25) is 4.79 Å². The maximum absolute atomic E-state index is 10.9. The van der Waals surface area contributed by atoms with E-state index in [9.17, 15) is 9.59 Å². The number of aryl methyl sites for hydroxylation is 1. The summed E-state index contributed by atoms with van der Waals surface area (Å²) >= 11 is 0. The molecule has 0 aromatic carbocycles. The zero-order valence-electron chi connectivity index (χ0n) is 9.56. The molecule has 0 spiro atoms. The van der Waals surface area contributed by atoms with Gasteiger partial charge in [0.15, 0.2) is 0 Å². The van der Waals surface area contributed by atoms with Crippen molar-refractivity contribution in [2.75, 3.05) is 11.9 Å². The van der Waals surface area contributed by atoms with Crippen LogP contribution >= 0.6 is 0 Å². The maximum atomic E-state index is 10.9. The Hall–Kier alpha value is -2.11. The lowest BCUT2D eigenvalue weighted by Gasteiger charge is -2.07. The van der Waals surface area contributed by atoms with Gasteiger partial charge >= 0.3 is 5.97 Å². The Labute approximate surface area is 98.8 Å². The number of pyridine rings is 1. The van der Waals surface area contributed by atoms with Crippen LogP contribution in [0.2, 0.25) is 0 Å². The molecule has 92 valence electrons. The van der Waals surface area contributed by atoms with Crippen LogP contribution in [0.15, 0.2) is 12.1 Å². The van der Waals surface area contributed by atoms with Gasteiger partial charge in [-0.25, -0.2) is 9.78 Å². The summed E-state index contributed by atoms with van der Waals surface area (Å²) in [7, 11) is 0. The van der Waals surface area contributed by atoms with Crippen LogP contribution in [0.25, 0.3) is 0 Å². The number of hydrogen-bond acceptors (Lipinski definition) is 4. The first-order valence-electron chi connectivity index (χ1n) is 5.29. The Morgan fingerprint density at radius 3 is 2.71 bits per heavy atom. The predicted molar refractivity (Wildman–Crippen MR) is 62.9 cm³/mol. The summed E-state index contributed by atoms with van der Waals surface area (Å²) in [5, 5.41) is 11.8. The molecular weight excluding hydrogens is 222 g/mol. The second-order valence-corrected chi connectivity index (χ2v) is 3.53. The Morgan fingerprint density at radius 1 is 1.47 bits per heavy atom. The van der Waals surface area contributed by atoms with E-state index in [0.29, 0.717) is 24.5 Å². The van der Waals surface area contributed by atoms with E-state index in [1.54, 1.807) is 0 Å². The van der Waals surface area contributed by atoms with Crippen molar-refractivity contribution in [3.8, 4) is 0 Å². The molecule has 17 heavy (non-hydrogen) atoms. The standard InChI is InChI=1S/C11H15N3O3/c1-2-8-5-7(11(16)17)6-10(14-8)13-4-3-9(12)15/h5-6H,2-4H2,1H3,(H2,12,15)(H,13,14)(H,16,17). The van der Waals surface area contributed by atoms with Crippen LogP contribution in [0, 0.1) is 0 Å². The van der Waals surface area contributed by atoms with Crippen molar-refractivity contribution >= 4 is 17.7 Å². The lowest BCUT2D eigenvalue weighted by Crippen LogP contribution is -2.16. The number of carbonyl (C=O) groups is 2. The van der Waals surface area contributed by atoms with Crippen LogP contribution in [-0.2, 0) is 11.2 Å². The predicted octanol–water partition coefficient (Wildman–Crippen LogP) is 0.629. The fourth-order valence-electron chi connectivity index (χ4n) is 1.30. The molecule has 6 heteroatoms. The molecule has 0 fully saturated rings. The number of amides is 1. The SMILES string of the molecule is CCc1cc(C(=O)O)cc(NCCC(N)=O)n1. The van der Waals surface area contributed by atoms with Gasteiger partial charge in [-0.05, 0) is 18.6 Å².